The molecule has 0 spiro atoms. The molecular weight excluding hydrogens is 575 g/mol. The molecule has 4 aliphatic rings. The van der Waals surface area contributed by atoms with Gasteiger partial charge in [-0.15, -0.1) is 0 Å². The van der Waals surface area contributed by atoms with E-state index in [4.69, 9.17) is 27.9 Å². The van der Waals surface area contributed by atoms with Gasteiger partial charge in [-0.05, 0) is 52.6 Å². The minimum Gasteiger partial charge on any atom is -0.452 e. The fourth-order valence-electron chi connectivity index (χ4n) is 6.74. The van der Waals surface area contributed by atoms with Crippen LogP contribution in [-0.4, -0.2) is 30.3 Å². The summed E-state index contributed by atoms with van der Waals surface area (Å²) in [4.78, 5) is 55.1. The highest BCUT2D eigenvalue weighted by Gasteiger charge is 2.62. The maximum atomic E-state index is 14.1. The first-order chi connectivity index (χ1) is 20.3. The lowest BCUT2D eigenvalue weighted by atomic mass is 9.55. The van der Waals surface area contributed by atoms with E-state index < -0.39 is 30.3 Å². The van der Waals surface area contributed by atoms with Crippen LogP contribution < -0.4 is 10.2 Å². The third-order valence-electron chi connectivity index (χ3n) is 8.35. The second-order valence-electron chi connectivity index (χ2n) is 10.5. The summed E-state index contributed by atoms with van der Waals surface area (Å²) in [5.41, 5.74) is 4.66. The van der Waals surface area contributed by atoms with Crippen LogP contribution in [0.25, 0.3) is 0 Å². The van der Waals surface area contributed by atoms with Crippen LogP contribution >= 0.6 is 23.2 Å². The summed E-state index contributed by atoms with van der Waals surface area (Å²) >= 11 is 12.1. The number of ether oxygens (including phenoxy) is 1. The van der Waals surface area contributed by atoms with Gasteiger partial charge < -0.3 is 10.1 Å². The number of para-hydroxylation sites is 1. The normalized spacial score (nSPS) is 21.4. The molecule has 4 aromatic carbocycles. The predicted octanol–water partition coefficient (Wildman–Crippen LogP) is 6.19. The minimum absolute atomic E-state index is 0.00816. The molecule has 1 aliphatic heterocycles. The van der Waals surface area contributed by atoms with E-state index in [1.165, 1.54) is 18.2 Å². The second kappa shape index (κ2) is 10.1. The molecule has 2 bridgehead atoms. The highest BCUT2D eigenvalue weighted by Crippen LogP contribution is 2.61. The molecule has 0 radical (unpaired) electrons. The van der Waals surface area contributed by atoms with Gasteiger partial charge in [-0.2, -0.15) is 0 Å². The van der Waals surface area contributed by atoms with Gasteiger partial charge in [0.25, 0.3) is 5.91 Å². The van der Waals surface area contributed by atoms with Gasteiger partial charge in [0.2, 0.25) is 11.8 Å². The maximum Gasteiger partial charge on any atom is 0.340 e. The summed E-state index contributed by atoms with van der Waals surface area (Å²) in [5, 5.41) is 3.21. The molecule has 1 saturated heterocycles. The molecule has 9 heteroatoms. The van der Waals surface area contributed by atoms with E-state index in [-0.39, 0.29) is 45.6 Å². The van der Waals surface area contributed by atoms with Crippen LogP contribution in [0.5, 0.6) is 0 Å². The standard InChI is InChI=1S/C33H22Cl2N2O5/c34-17-13-14-23(35)24(15-17)36-26(38)16-42-33(41)22-11-5-6-12-25(22)37-31(39)29-27-18-7-1-2-8-19(18)28(30(29)32(37)40)21-10-4-3-9-20(21)27/h1-15,27-30H,16H2,(H,36,38)/t27?,28?,29-,30-/m1/s1. The molecular formula is C33H22Cl2N2O5. The Hall–Kier alpha value is -4.46. The van der Waals surface area contributed by atoms with E-state index in [2.05, 4.69) is 5.32 Å². The van der Waals surface area contributed by atoms with Crippen molar-refractivity contribution < 1.29 is 23.9 Å². The molecule has 4 aromatic rings. The number of nitrogens with zero attached hydrogens (tertiary/aromatic N) is 1. The van der Waals surface area contributed by atoms with Gasteiger partial charge in [-0.1, -0.05) is 83.9 Å². The van der Waals surface area contributed by atoms with Crippen molar-refractivity contribution in [2.24, 2.45) is 11.8 Å². The summed E-state index contributed by atoms with van der Waals surface area (Å²) in [6.07, 6.45) is 0. The van der Waals surface area contributed by atoms with Crippen LogP contribution in [0.3, 0.4) is 0 Å². The zero-order valence-corrected chi connectivity index (χ0v) is 23.4. The van der Waals surface area contributed by atoms with Crippen molar-refractivity contribution in [1.82, 2.24) is 0 Å². The van der Waals surface area contributed by atoms with Crippen molar-refractivity contribution >= 4 is 58.3 Å². The number of amides is 3. The van der Waals surface area contributed by atoms with Gasteiger partial charge in [-0.25, -0.2) is 9.69 Å². The predicted molar refractivity (Wildman–Crippen MR) is 158 cm³/mol. The molecule has 1 fully saturated rings. The number of anilines is 2. The average Bonchev–Trinajstić information content (AvgIpc) is 3.27. The average molecular weight is 597 g/mol. The van der Waals surface area contributed by atoms with Crippen LogP contribution in [0.4, 0.5) is 11.4 Å². The summed E-state index contributed by atoms with van der Waals surface area (Å²) < 4.78 is 5.30. The molecule has 0 aromatic heterocycles. The molecule has 7 nitrogen and oxygen atoms in total. The first-order valence-corrected chi connectivity index (χ1v) is 14.2. The van der Waals surface area contributed by atoms with Gasteiger partial charge in [-0.3, -0.25) is 14.4 Å². The number of benzene rings is 4. The molecule has 0 saturated carbocycles. The summed E-state index contributed by atoms with van der Waals surface area (Å²) in [5.74, 6) is -3.89. The van der Waals surface area contributed by atoms with Crippen molar-refractivity contribution in [3.63, 3.8) is 0 Å². The van der Waals surface area contributed by atoms with E-state index in [1.807, 2.05) is 48.5 Å². The monoisotopic (exact) mass is 596 g/mol. The molecule has 1 heterocycles. The van der Waals surface area contributed by atoms with E-state index >= 15 is 0 Å². The van der Waals surface area contributed by atoms with E-state index in [9.17, 15) is 19.2 Å². The van der Waals surface area contributed by atoms with Gasteiger partial charge in [0.15, 0.2) is 6.61 Å². The van der Waals surface area contributed by atoms with Gasteiger partial charge in [0.1, 0.15) is 0 Å². The Balaban J connectivity index is 1.17. The fraction of sp³-hybridized carbons (Fsp3) is 0.152. The van der Waals surface area contributed by atoms with Crippen LogP contribution in [0, 0.1) is 11.8 Å². The first kappa shape index (κ1) is 26.4. The number of carbonyl (C=O) groups is 4. The van der Waals surface area contributed by atoms with Gasteiger partial charge >= 0.3 is 5.97 Å². The van der Waals surface area contributed by atoms with E-state index in [0.717, 1.165) is 27.2 Å². The number of halogens is 2. The lowest BCUT2D eigenvalue weighted by molar-refractivity contribution is -0.122. The molecule has 0 unspecified atom stereocenters. The summed E-state index contributed by atoms with van der Waals surface area (Å²) in [6, 6.07) is 26.8. The Bertz CT molecular complexity index is 1710. The van der Waals surface area contributed by atoms with Crippen LogP contribution in [0.15, 0.2) is 91.0 Å². The van der Waals surface area contributed by atoms with Crippen LogP contribution in [-0.2, 0) is 19.1 Å². The summed E-state index contributed by atoms with van der Waals surface area (Å²) in [7, 11) is 0. The topological polar surface area (TPSA) is 92.8 Å². The van der Waals surface area contributed by atoms with Crippen molar-refractivity contribution in [3.8, 4) is 0 Å². The smallest absolute Gasteiger partial charge is 0.340 e. The SMILES string of the molecule is O=C(COC(=O)c1ccccc1N1C(=O)[C@@H]2C3c4ccccc4C(c4ccccc43)[C@H]2C1=O)Nc1cc(Cl)ccc1Cl. The minimum atomic E-state index is -0.844. The Kier molecular flexibility index (Phi) is 6.37. The zero-order valence-electron chi connectivity index (χ0n) is 21.9. The Morgan fingerprint density at radius 2 is 1.26 bits per heavy atom. The second-order valence-corrected chi connectivity index (χ2v) is 11.4. The van der Waals surface area contributed by atoms with Crippen LogP contribution in [0.1, 0.15) is 44.4 Å². The molecule has 2 atom stereocenters. The summed E-state index contributed by atoms with van der Waals surface area (Å²) in [6.45, 7) is -0.613. The number of imide groups is 1. The highest BCUT2D eigenvalue weighted by molar-refractivity contribution is 6.35. The van der Waals surface area contributed by atoms with E-state index in [0.29, 0.717) is 5.02 Å². The van der Waals surface area contributed by atoms with Crippen molar-refractivity contribution in [3.05, 3.63) is 129 Å². The lowest BCUT2D eigenvalue weighted by Gasteiger charge is -2.45. The first-order valence-electron chi connectivity index (χ1n) is 13.4. The number of hydrogen-bond acceptors (Lipinski definition) is 5. The fourth-order valence-corrected chi connectivity index (χ4v) is 7.08. The Labute approximate surface area is 251 Å². The molecule has 208 valence electrons. The molecule has 8 rings (SSSR count). The zero-order chi connectivity index (χ0) is 29.1. The van der Waals surface area contributed by atoms with Crippen molar-refractivity contribution in [2.45, 2.75) is 11.8 Å². The maximum absolute atomic E-state index is 14.1. The Morgan fingerprint density at radius 1 is 0.738 bits per heavy atom. The number of hydrogen-bond donors (Lipinski definition) is 1. The largest absolute Gasteiger partial charge is 0.452 e. The third kappa shape index (κ3) is 4.03. The van der Waals surface area contributed by atoms with Gasteiger partial charge in [0, 0.05) is 16.9 Å². The highest BCUT2D eigenvalue weighted by atomic mass is 35.5. The number of esters is 1. The number of carbonyl (C=O) groups excluding carboxylic acids is 4. The quantitative estimate of drug-likeness (QED) is 0.219. The third-order valence-corrected chi connectivity index (χ3v) is 8.91. The number of rotatable bonds is 5. The molecule has 1 N–H and O–H groups in total. The van der Waals surface area contributed by atoms with Crippen molar-refractivity contribution in [1.29, 1.82) is 0 Å². The van der Waals surface area contributed by atoms with Crippen molar-refractivity contribution in [2.75, 3.05) is 16.8 Å². The van der Waals surface area contributed by atoms with Gasteiger partial charge in [0.05, 0.1) is 33.8 Å². The van der Waals surface area contributed by atoms with Crippen LogP contribution in [0.2, 0.25) is 10.0 Å². The van der Waals surface area contributed by atoms with E-state index in [1.54, 1.807) is 24.3 Å². The molecule has 42 heavy (non-hydrogen) atoms. The Morgan fingerprint density at radius 3 is 1.83 bits per heavy atom. The lowest BCUT2D eigenvalue weighted by Crippen LogP contribution is -2.41. The molecule has 3 amide bonds. The number of nitrogens with one attached hydrogen (secondary N) is 1. The molecule has 3 aliphatic carbocycles.